The number of esters is 1. The van der Waals surface area contributed by atoms with Crippen LogP contribution in [0.25, 0.3) is 0 Å². The maximum Gasteiger partial charge on any atom is 0.329 e. The predicted octanol–water partition coefficient (Wildman–Crippen LogP) is 2.75. The summed E-state index contributed by atoms with van der Waals surface area (Å²) in [4.78, 5) is 37.0. The fourth-order valence-corrected chi connectivity index (χ4v) is 2.97. The van der Waals surface area contributed by atoms with E-state index in [1.54, 1.807) is 55.6 Å². The molecule has 0 spiro atoms. The van der Waals surface area contributed by atoms with Crippen molar-refractivity contribution in [2.75, 3.05) is 11.9 Å². The quantitative estimate of drug-likeness (QED) is 0.664. The van der Waals surface area contributed by atoms with Gasteiger partial charge in [-0.15, -0.1) is 11.3 Å². The summed E-state index contributed by atoms with van der Waals surface area (Å²) in [5.74, 6) is -1.72. The Hall–Kier alpha value is -3.18. The highest BCUT2D eigenvalue weighted by Gasteiger charge is 2.27. The van der Waals surface area contributed by atoms with Gasteiger partial charge in [0.1, 0.15) is 6.04 Å². The Morgan fingerprint density at radius 1 is 1.18 bits per heavy atom. The zero-order valence-corrected chi connectivity index (χ0v) is 16.4. The molecule has 2 aromatic rings. The summed E-state index contributed by atoms with van der Waals surface area (Å²) in [7, 11) is 0. The predicted molar refractivity (Wildman–Crippen MR) is 106 cm³/mol. The summed E-state index contributed by atoms with van der Waals surface area (Å²) in [6.07, 6.45) is 0.291. The number of ether oxygens (including phenoxy) is 1. The van der Waals surface area contributed by atoms with Crippen LogP contribution in [0, 0.1) is 17.2 Å². The average Bonchev–Trinajstić information content (AvgIpc) is 3.20. The SMILES string of the molecule is CC(C)[C@H](NC(=O)c1cccs1)C(=O)OCC(=O)Nc1ccc(CC#N)cc1. The minimum atomic E-state index is -0.854. The molecule has 2 N–H and O–H groups in total. The Morgan fingerprint density at radius 3 is 2.46 bits per heavy atom. The number of carbonyl (C=O) groups excluding carboxylic acids is 3. The van der Waals surface area contributed by atoms with Gasteiger partial charge in [-0.05, 0) is 35.1 Å². The third-order valence-electron chi connectivity index (χ3n) is 3.82. The molecule has 8 heteroatoms. The average molecular weight is 399 g/mol. The van der Waals surface area contributed by atoms with E-state index in [-0.39, 0.29) is 11.8 Å². The molecule has 28 heavy (non-hydrogen) atoms. The summed E-state index contributed by atoms with van der Waals surface area (Å²) in [6, 6.07) is 11.4. The first kappa shape index (κ1) is 21.1. The van der Waals surface area contributed by atoms with Crippen LogP contribution < -0.4 is 10.6 Å². The fraction of sp³-hybridized carbons (Fsp3) is 0.300. The largest absolute Gasteiger partial charge is 0.454 e. The van der Waals surface area contributed by atoms with Crippen LogP contribution >= 0.6 is 11.3 Å². The van der Waals surface area contributed by atoms with Crippen LogP contribution in [0.3, 0.4) is 0 Å². The molecule has 1 aromatic carbocycles. The number of carbonyl (C=O) groups is 3. The number of hydrogen-bond acceptors (Lipinski definition) is 6. The second-order valence-electron chi connectivity index (χ2n) is 6.36. The first-order chi connectivity index (χ1) is 13.4. The van der Waals surface area contributed by atoms with Crippen LogP contribution in [0.2, 0.25) is 0 Å². The Bertz CT molecular complexity index is 855. The monoisotopic (exact) mass is 399 g/mol. The van der Waals surface area contributed by atoms with E-state index in [4.69, 9.17) is 10.00 Å². The van der Waals surface area contributed by atoms with Crippen molar-refractivity contribution in [2.24, 2.45) is 5.92 Å². The van der Waals surface area contributed by atoms with Crippen LogP contribution in [0.1, 0.15) is 29.1 Å². The van der Waals surface area contributed by atoms with Gasteiger partial charge in [0.2, 0.25) is 0 Å². The van der Waals surface area contributed by atoms with Crippen molar-refractivity contribution in [3.63, 3.8) is 0 Å². The van der Waals surface area contributed by atoms with E-state index in [9.17, 15) is 14.4 Å². The molecule has 0 aliphatic heterocycles. The zero-order chi connectivity index (χ0) is 20.5. The van der Waals surface area contributed by atoms with Gasteiger partial charge in [0.05, 0.1) is 17.4 Å². The number of amides is 2. The molecule has 0 saturated carbocycles. The minimum Gasteiger partial charge on any atom is -0.454 e. The van der Waals surface area contributed by atoms with E-state index in [0.717, 1.165) is 5.56 Å². The van der Waals surface area contributed by atoms with E-state index in [1.165, 1.54) is 11.3 Å². The number of hydrogen-bond donors (Lipinski definition) is 2. The van der Waals surface area contributed by atoms with Gasteiger partial charge in [0.15, 0.2) is 6.61 Å². The van der Waals surface area contributed by atoms with Crippen molar-refractivity contribution < 1.29 is 19.1 Å². The van der Waals surface area contributed by atoms with Crippen molar-refractivity contribution >= 4 is 34.8 Å². The lowest BCUT2D eigenvalue weighted by Crippen LogP contribution is -2.45. The van der Waals surface area contributed by atoms with Gasteiger partial charge in [0, 0.05) is 5.69 Å². The van der Waals surface area contributed by atoms with E-state index in [2.05, 4.69) is 10.6 Å². The van der Waals surface area contributed by atoms with Crippen LogP contribution in [0.15, 0.2) is 41.8 Å². The molecular weight excluding hydrogens is 378 g/mol. The molecule has 2 amide bonds. The molecule has 1 heterocycles. The molecule has 146 valence electrons. The van der Waals surface area contributed by atoms with Crippen LogP contribution in [-0.2, 0) is 20.7 Å². The lowest BCUT2D eigenvalue weighted by Gasteiger charge is -2.20. The highest BCUT2D eigenvalue weighted by Crippen LogP contribution is 2.12. The molecule has 0 bridgehead atoms. The van der Waals surface area contributed by atoms with Crippen molar-refractivity contribution in [1.29, 1.82) is 5.26 Å². The van der Waals surface area contributed by atoms with Gasteiger partial charge >= 0.3 is 5.97 Å². The van der Waals surface area contributed by atoms with Gasteiger partial charge in [0.25, 0.3) is 11.8 Å². The Balaban J connectivity index is 1.86. The van der Waals surface area contributed by atoms with E-state index < -0.39 is 24.5 Å². The Morgan fingerprint density at radius 2 is 1.89 bits per heavy atom. The summed E-state index contributed by atoms with van der Waals surface area (Å²) in [5, 5.41) is 15.7. The number of rotatable bonds is 8. The van der Waals surface area contributed by atoms with Crippen LogP contribution in [0.4, 0.5) is 5.69 Å². The molecule has 2 rings (SSSR count). The smallest absolute Gasteiger partial charge is 0.329 e. The first-order valence-corrected chi connectivity index (χ1v) is 9.55. The molecule has 7 nitrogen and oxygen atoms in total. The Labute approximate surface area is 167 Å². The van der Waals surface area contributed by atoms with Crippen molar-refractivity contribution in [2.45, 2.75) is 26.3 Å². The molecule has 1 aromatic heterocycles. The fourth-order valence-electron chi connectivity index (χ4n) is 2.34. The van der Waals surface area contributed by atoms with E-state index in [1.807, 2.05) is 6.07 Å². The van der Waals surface area contributed by atoms with Gasteiger partial charge in [-0.2, -0.15) is 5.26 Å². The van der Waals surface area contributed by atoms with Gasteiger partial charge < -0.3 is 15.4 Å². The molecule has 0 aliphatic carbocycles. The van der Waals surface area contributed by atoms with Crippen LogP contribution in [0.5, 0.6) is 0 Å². The Kier molecular flexibility index (Phi) is 7.72. The van der Waals surface area contributed by atoms with Gasteiger partial charge in [-0.3, -0.25) is 9.59 Å². The van der Waals surface area contributed by atoms with Crippen molar-refractivity contribution in [3.8, 4) is 6.07 Å². The van der Waals surface area contributed by atoms with E-state index >= 15 is 0 Å². The number of nitrogens with zero attached hydrogens (tertiary/aromatic N) is 1. The summed E-state index contributed by atoms with van der Waals surface area (Å²) >= 11 is 1.27. The number of nitriles is 1. The highest BCUT2D eigenvalue weighted by molar-refractivity contribution is 7.12. The summed E-state index contributed by atoms with van der Waals surface area (Å²) < 4.78 is 5.07. The van der Waals surface area contributed by atoms with Gasteiger partial charge in [-0.1, -0.05) is 32.0 Å². The third-order valence-corrected chi connectivity index (χ3v) is 4.69. The molecule has 0 radical (unpaired) electrons. The first-order valence-electron chi connectivity index (χ1n) is 8.67. The maximum atomic E-state index is 12.3. The standard InChI is InChI=1S/C20H21N3O4S/c1-13(2)18(23-19(25)16-4-3-11-28-16)20(26)27-12-17(24)22-15-7-5-14(6-8-15)9-10-21/h3-8,11,13,18H,9,12H2,1-2H3,(H,22,24)(H,23,25)/t18-/m0/s1. The number of thiophene rings is 1. The van der Waals surface area contributed by atoms with Crippen LogP contribution in [-0.4, -0.2) is 30.4 Å². The second kappa shape index (κ2) is 10.2. The summed E-state index contributed by atoms with van der Waals surface area (Å²) in [6.45, 7) is 3.10. The zero-order valence-electron chi connectivity index (χ0n) is 15.6. The molecule has 0 fully saturated rings. The lowest BCUT2D eigenvalue weighted by atomic mass is 10.0. The molecule has 0 unspecified atom stereocenters. The topological polar surface area (TPSA) is 108 Å². The minimum absolute atomic E-state index is 0.202. The molecule has 1 atom stereocenters. The van der Waals surface area contributed by atoms with Gasteiger partial charge in [-0.25, -0.2) is 4.79 Å². The normalized spacial score (nSPS) is 11.4. The van der Waals surface area contributed by atoms with Crippen molar-refractivity contribution in [1.82, 2.24) is 5.32 Å². The highest BCUT2D eigenvalue weighted by atomic mass is 32.1. The second-order valence-corrected chi connectivity index (χ2v) is 7.31. The lowest BCUT2D eigenvalue weighted by molar-refractivity contribution is -0.150. The third kappa shape index (κ3) is 6.21. The number of nitrogens with one attached hydrogen (secondary N) is 2. The number of benzene rings is 1. The maximum absolute atomic E-state index is 12.3. The van der Waals surface area contributed by atoms with E-state index in [0.29, 0.717) is 17.0 Å². The van der Waals surface area contributed by atoms with Crippen molar-refractivity contribution in [3.05, 3.63) is 52.2 Å². The summed E-state index contributed by atoms with van der Waals surface area (Å²) in [5.41, 5.74) is 1.38. The molecule has 0 saturated heterocycles. The number of anilines is 1. The molecule has 0 aliphatic rings. The molecular formula is C20H21N3O4S.